The molecule has 26 heavy (non-hydrogen) atoms. The van der Waals surface area contributed by atoms with Gasteiger partial charge in [0, 0.05) is 38.4 Å². The smallest absolute Gasteiger partial charge is 0.191 e. The molecule has 1 saturated carbocycles. The maximum Gasteiger partial charge on any atom is 0.191 e. The van der Waals surface area contributed by atoms with Gasteiger partial charge in [0.05, 0.1) is 12.1 Å². The lowest BCUT2D eigenvalue weighted by molar-refractivity contribution is 0.0732. The molecule has 1 aromatic carbocycles. The van der Waals surface area contributed by atoms with Gasteiger partial charge in [-0.15, -0.1) is 0 Å². The van der Waals surface area contributed by atoms with Crippen LogP contribution in [0.5, 0.6) is 0 Å². The molecule has 0 atom stereocenters. The average Bonchev–Trinajstić information content (AvgIpc) is 2.64. The molecule has 0 radical (unpaired) electrons. The first kappa shape index (κ1) is 18.6. The molecule has 5 nitrogen and oxygen atoms in total. The molecular weight excluding hydrogens is 324 g/mol. The van der Waals surface area contributed by atoms with Crippen LogP contribution in [0.1, 0.15) is 38.2 Å². The Morgan fingerprint density at radius 2 is 2.08 bits per heavy atom. The van der Waals surface area contributed by atoms with E-state index in [-0.39, 0.29) is 0 Å². The van der Waals surface area contributed by atoms with Crippen LogP contribution in [0.4, 0.5) is 0 Å². The first-order chi connectivity index (χ1) is 12.8. The molecule has 1 fully saturated rings. The van der Waals surface area contributed by atoms with Gasteiger partial charge in [-0.2, -0.15) is 0 Å². The summed E-state index contributed by atoms with van der Waals surface area (Å²) in [6, 6.07) is 10.3. The SMILES string of the molecule is CCNC(=NCc1cccc2cccnc12)NCC1(CCOC)CCC1. The van der Waals surface area contributed by atoms with E-state index in [0.717, 1.165) is 48.5 Å². The maximum atomic E-state index is 5.29. The highest BCUT2D eigenvalue weighted by Crippen LogP contribution is 2.43. The molecule has 2 N–H and O–H groups in total. The second-order valence-corrected chi connectivity index (χ2v) is 7.14. The molecular formula is C21H30N4O. The Labute approximate surface area is 156 Å². The van der Waals surface area contributed by atoms with Crippen LogP contribution in [0.15, 0.2) is 41.5 Å². The van der Waals surface area contributed by atoms with E-state index in [1.165, 1.54) is 19.3 Å². The third-order valence-corrected chi connectivity index (χ3v) is 5.35. The predicted molar refractivity (Wildman–Crippen MR) is 107 cm³/mol. The normalized spacial score (nSPS) is 16.3. The van der Waals surface area contributed by atoms with Crippen molar-refractivity contribution in [2.24, 2.45) is 10.4 Å². The fourth-order valence-corrected chi connectivity index (χ4v) is 3.58. The van der Waals surface area contributed by atoms with Crippen molar-refractivity contribution in [1.29, 1.82) is 0 Å². The molecule has 0 bridgehead atoms. The zero-order chi connectivity index (χ0) is 18.2. The number of guanidine groups is 1. The summed E-state index contributed by atoms with van der Waals surface area (Å²) in [6.07, 6.45) is 6.82. The van der Waals surface area contributed by atoms with Gasteiger partial charge in [0.25, 0.3) is 0 Å². The number of para-hydroxylation sites is 1. The van der Waals surface area contributed by atoms with E-state index in [1.807, 2.05) is 12.3 Å². The molecule has 0 saturated heterocycles. The number of pyridine rings is 1. The van der Waals surface area contributed by atoms with Crippen LogP contribution in [0.2, 0.25) is 0 Å². The van der Waals surface area contributed by atoms with Crippen LogP contribution in [0.25, 0.3) is 10.9 Å². The molecule has 2 aromatic rings. The number of hydrogen-bond donors (Lipinski definition) is 2. The Hall–Kier alpha value is -2.14. The van der Waals surface area contributed by atoms with Crippen LogP contribution < -0.4 is 10.6 Å². The summed E-state index contributed by atoms with van der Waals surface area (Å²) < 4.78 is 5.29. The highest BCUT2D eigenvalue weighted by atomic mass is 16.5. The summed E-state index contributed by atoms with van der Waals surface area (Å²) in [5.74, 6) is 0.879. The number of nitrogens with zero attached hydrogens (tertiary/aromatic N) is 2. The largest absolute Gasteiger partial charge is 0.385 e. The standard InChI is InChI=1S/C21H30N4O/c1-3-22-20(25-16-21(10-6-11-21)12-14-26-2)24-15-18-8-4-7-17-9-5-13-23-19(17)18/h4-5,7-9,13H,3,6,10-12,14-16H2,1-2H3,(H2,22,24,25). The lowest BCUT2D eigenvalue weighted by Gasteiger charge is -2.42. The van der Waals surface area contributed by atoms with Crippen LogP contribution in [0, 0.1) is 5.41 Å². The van der Waals surface area contributed by atoms with Crippen molar-refractivity contribution in [1.82, 2.24) is 15.6 Å². The zero-order valence-corrected chi connectivity index (χ0v) is 15.9. The third-order valence-electron chi connectivity index (χ3n) is 5.35. The van der Waals surface area contributed by atoms with Crippen molar-refractivity contribution >= 4 is 16.9 Å². The number of aliphatic imine (C=N–C) groups is 1. The molecule has 1 aliphatic rings. The fourth-order valence-electron chi connectivity index (χ4n) is 3.58. The highest BCUT2D eigenvalue weighted by molar-refractivity contribution is 5.83. The van der Waals surface area contributed by atoms with E-state index in [9.17, 15) is 0 Å². The van der Waals surface area contributed by atoms with Gasteiger partial charge in [-0.05, 0) is 43.2 Å². The van der Waals surface area contributed by atoms with Gasteiger partial charge in [-0.1, -0.05) is 30.7 Å². The van der Waals surface area contributed by atoms with Crippen LogP contribution >= 0.6 is 0 Å². The lowest BCUT2D eigenvalue weighted by Crippen LogP contribution is -2.46. The lowest BCUT2D eigenvalue weighted by atomic mass is 9.67. The number of hydrogen-bond acceptors (Lipinski definition) is 3. The van der Waals surface area contributed by atoms with Gasteiger partial charge in [0.2, 0.25) is 0 Å². The van der Waals surface area contributed by atoms with E-state index in [1.54, 1.807) is 7.11 Å². The molecule has 1 aromatic heterocycles. The Bertz CT molecular complexity index is 734. The number of aromatic nitrogens is 1. The second-order valence-electron chi connectivity index (χ2n) is 7.14. The van der Waals surface area contributed by atoms with Crippen LogP contribution in [-0.2, 0) is 11.3 Å². The Kier molecular flexibility index (Phi) is 6.45. The number of rotatable bonds is 8. The van der Waals surface area contributed by atoms with Crippen molar-refractivity contribution < 1.29 is 4.74 Å². The third kappa shape index (κ3) is 4.52. The summed E-state index contributed by atoms with van der Waals surface area (Å²) in [6.45, 7) is 5.35. The van der Waals surface area contributed by atoms with E-state index in [2.05, 4.69) is 46.8 Å². The topological polar surface area (TPSA) is 58.5 Å². The van der Waals surface area contributed by atoms with Crippen molar-refractivity contribution in [2.75, 3.05) is 26.8 Å². The van der Waals surface area contributed by atoms with Gasteiger partial charge in [0.1, 0.15) is 0 Å². The van der Waals surface area contributed by atoms with Crippen molar-refractivity contribution in [3.05, 3.63) is 42.1 Å². The molecule has 0 unspecified atom stereocenters. The van der Waals surface area contributed by atoms with E-state index in [0.29, 0.717) is 12.0 Å². The zero-order valence-electron chi connectivity index (χ0n) is 15.9. The minimum absolute atomic E-state index is 0.368. The summed E-state index contributed by atoms with van der Waals surface area (Å²) in [7, 11) is 1.78. The van der Waals surface area contributed by atoms with Crippen molar-refractivity contribution in [2.45, 2.75) is 39.2 Å². The van der Waals surface area contributed by atoms with Gasteiger partial charge in [-0.25, -0.2) is 4.99 Å². The minimum atomic E-state index is 0.368. The Morgan fingerprint density at radius 1 is 1.23 bits per heavy atom. The molecule has 0 amide bonds. The number of methoxy groups -OCH3 is 1. The number of nitrogens with one attached hydrogen (secondary N) is 2. The van der Waals surface area contributed by atoms with Gasteiger partial charge in [0.15, 0.2) is 5.96 Å². The number of fused-ring (bicyclic) bond motifs is 1. The van der Waals surface area contributed by atoms with E-state index in [4.69, 9.17) is 9.73 Å². The van der Waals surface area contributed by atoms with E-state index < -0.39 is 0 Å². The maximum absolute atomic E-state index is 5.29. The molecule has 3 rings (SSSR count). The monoisotopic (exact) mass is 354 g/mol. The first-order valence-corrected chi connectivity index (χ1v) is 9.60. The van der Waals surface area contributed by atoms with Gasteiger partial charge < -0.3 is 15.4 Å². The second kappa shape index (κ2) is 8.99. The summed E-state index contributed by atoms with van der Waals surface area (Å²) in [5, 5.41) is 8.08. The summed E-state index contributed by atoms with van der Waals surface area (Å²) >= 11 is 0. The Morgan fingerprint density at radius 3 is 2.81 bits per heavy atom. The number of benzene rings is 1. The van der Waals surface area contributed by atoms with Crippen molar-refractivity contribution in [3.8, 4) is 0 Å². The van der Waals surface area contributed by atoms with Crippen LogP contribution in [0.3, 0.4) is 0 Å². The molecule has 0 spiro atoms. The summed E-state index contributed by atoms with van der Waals surface area (Å²) in [5.41, 5.74) is 2.55. The highest BCUT2D eigenvalue weighted by Gasteiger charge is 2.36. The van der Waals surface area contributed by atoms with Gasteiger partial charge in [-0.3, -0.25) is 4.98 Å². The molecule has 0 aliphatic heterocycles. The van der Waals surface area contributed by atoms with Crippen LogP contribution in [-0.4, -0.2) is 37.7 Å². The molecule has 5 heteroatoms. The predicted octanol–water partition coefficient (Wildman–Crippen LogP) is 3.50. The summed E-state index contributed by atoms with van der Waals surface area (Å²) in [4.78, 5) is 9.32. The first-order valence-electron chi connectivity index (χ1n) is 9.60. The fraction of sp³-hybridized carbons (Fsp3) is 0.524. The molecule has 1 heterocycles. The van der Waals surface area contributed by atoms with E-state index >= 15 is 0 Å². The molecule has 1 aliphatic carbocycles. The average molecular weight is 354 g/mol. The van der Waals surface area contributed by atoms with Crippen molar-refractivity contribution in [3.63, 3.8) is 0 Å². The Balaban J connectivity index is 1.67. The number of ether oxygens (including phenoxy) is 1. The quantitative estimate of drug-likeness (QED) is 0.563. The molecule has 140 valence electrons. The van der Waals surface area contributed by atoms with Gasteiger partial charge >= 0.3 is 0 Å². The minimum Gasteiger partial charge on any atom is -0.385 e.